The highest BCUT2D eigenvalue weighted by atomic mass is 16.6. The standard InChI is InChI=1S/C13H17NO2/c1-9(2)16-13(15)14-10(3)8-11-6-4-5-7-12(11)14/h4-7,9-10H,8H2,1-3H3. The van der Waals surface area contributed by atoms with Crippen molar-refractivity contribution in [2.45, 2.75) is 39.3 Å². The maximum Gasteiger partial charge on any atom is 0.414 e. The predicted molar refractivity (Wildman–Crippen MR) is 63.7 cm³/mol. The summed E-state index contributed by atoms with van der Waals surface area (Å²) in [6.07, 6.45) is 0.587. The average Bonchev–Trinajstić information content (AvgIpc) is 2.52. The second-order valence-corrected chi connectivity index (χ2v) is 4.48. The Labute approximate surface area is 96.0 Å². The van der Waals surface area contributed by atoms with Crippen molar-refractivity contribution >= 4 is 11.8 Å². The van der Waals surface area contributed by atoms with E-state index in [1.165, 1.54) is 5.56 Å². The van der Waals surface area contributed by atoms with E-state index < -0.39 is 0 Å². The molecule has 1 atom stereocenters. The molecule has 1 aliphatic rings. The molecule has 0 spiro atoms. The molecular formula is C13H17NO2. The highest BCUT2D eigenvalue weighted by molar-refractivity contribution is 5.91. The maximum absolute atomic E-state index is 11.9. The molecule has 2 rings (SSSR count). The van der Waals surface area contributed by atoms with Crippen LogP contribution in [0.2, 0.25) is 0 Å². The second kappa shape index (κ2) is 4.16. The molecule has 0 N–H and O–H groups in total. The van der Waals surface area contributed by atoms with Crippen molar-refractivity contribution in [3.63, 3.8) is 0 Å². The van der Waals surface area contributed by atoms with Crippen LogP contribution >= 0.6 is 0 Å². The smallest absolute Gasteiger partial charge is 0.414 e. The van der Waals surface area contributed by atoms with Gasteiger partial charge in [0.2, 0.25) is 0 Å². The van der Waals surface area contributed by atoms with Crippen molar-refractivity contribution in [2.75, 3.05) is 4.90 Å². The fourth-order valence-corrected chi connectivity index (χ4v) is 2.10. The van der Waals surface area contributed by atoms with Crippen molar-refractivity contribution in [1.82, 2.24) is 0 Å². The van der Waals surface area contributed by atoms with Crippen LogP contribution in [0.1, 0.15) is 26.3 Å². The van der Waals surface area contributed by atoms with E-state index in [9.17, 15) is 4.79 Å². The van der Waals surface area contributed by atoms with Crippen molar-refractivity contribution in [3.05, 3.63) is 29.8 Å². The van der Waals surface area contributed by atoms with Crippen LogP contribution in [0.15, 0.2) is 24.3 Å². The minimum absolute atomic E-state index is 0.0764. The van der Waals surface area contributed by atoms with Crippen LogP contribution in [0.3, 0.4) is 0 Å². The Morgan fingerprint density at radius 2 is 2.12 bits per heavy atom. The predicted octanol–water partition coefficient (Wildman–Crippen LogP) is 2.98. The van der Waals surface area contributed by atoms with Gasteiger partial charge in [-0.05, 0) is 38.8 Å². The summed E-state index contributed by atoms with van der Waals surface area (Å²) >= 11 is 0. The Kier molecular flexibility index (Phi) is 2.86. The van der Waals surface area contributed by atoms with Crippen molar-refractivity contribution in [2.24, 2.45) is 0 Å². The summed E-state index contributed by atoms with van der Waals surface area (Å²) in [6, 6.07) is 8.17. The van der Waals surface area contributed by atoms with E-state index in [-0.39, 0.29) is 18.2 Å². The van der Waals surface area contributed by atoms with Crippen LogP contribution in [-0.4, -0.2) is 18.2 Å². The number of carbonyl (C=O) groups excluding carboxylic acids is 1. The second-order valence-electron chi connectivity index (χ2n) is 4.48. The summed E-state index contributed by atoms with van der Waals surface area (Å²) in [6.45, 7) is 5.77. The van der Waals surface area contributed by atoms with Gasteiger partial charge in [-0.15, -0.1) is 0 Å². The molecule has 3 nitrogen and oxygen atoms in total. The molecule has 0 saturated heterocycles. The van der Waals surface area contributed by atoms with E-state index in [2.05, 4.69) is 6.07 Å². The number of nitrogens with zero attached hydrogens (tertiary/aromatic N) is 1. The van der Waals surface area contributed by atoms with Crippen LogP contribution in [0, 0.1) is 0 Å². The Morgan fingerprint density at radius 1 is 1.44 bits per heavy atom. The molecule has 0 radical (unpaired) electrons. The minimum Gasteiger partial charge on any atom is -0.446 e. The highest BCUT2D eigenvalue weighted by Crippen LogP contribution is 2.32. The average molecular weight is 219 g/mol. The number of fused-ring (bicyclic) bond motifs is 1. The van der Waals surface area contributed by atoms with Crippen LogP contribution in [0.4, 0.5) is 10.5 Å². The van der Waals surface area contributed by atoms with Gasteiger partial charge in [-0.2, -0.15) is 0 Å². The fraction of sp³-hybridized carbons (Fsp3) is 0.462. The number of amides is 1. The van der Waals surface area contributed by atoms with Gasteiger partial charge in [0.15, 0.2) is 0 Å². The summed E-state index contributed by atoms with van der Waals surface area (Å²) in [5.74, 6) is 0. The number of hydrogen-bond acceptors (Lipinski definition) is 2. The third-order valence-electron chi connectivity index (χ3n) is 2.74. The lowest BCUT2D eigenvalue weighted by Gasteiger charge is -2.23. The molecule has 16 heavy (non-hydrogen) atoms. The number of hydrogen-bond donors (Lipinski definition) is 0. The molecule has 1 aliphatic heterocycles. The monoisotopic (exact) mass is 219 g/mol. The van der Waals surface area contributed by atoms with E-state index in [0.29, 0.717) is 0 Å². The Morgan fingerprint density at radius 3 is 2.81 bits per heavy atom. The van der Waals surface area contributed by atoms with Gasteiger partial charge in [0.25, 0.3) is 0 Å². The van der Waals surface area contributed by atoms with Crippen LogP contribution in [0.25, 0.3) is 0 Å². The lowest BCUT2D eigenvalue weighted by atomic mass is 10.1. The third-order valence-corrected chi connectivity index (χ3v) is 2.74. The number of rotatable bonds is 1. The largest absolute Gasteiger partial charge is 0.446 e. The molecule has 3 heteroatoms. The molecule has 1 amide bonds. The quantitative estimate of drug-likeness (QED) is 0.726. The zero-order valence-electron chi connectivity index (χ0n) is 9.93. The summed E-state index contributed by atoms with van der Waals surface area (Å²) in [7, 11) is 0. The molecule has 1 unspecified atom stereocenters. The molecule has 1 aromatic carbocycles. The zero-order valence-corrected chi connectivity index (χ0v) is 9.93. The normalized spacial score (nSPS) is 18.8. The first-order valence-corrected chi connectivity index (χ1v) is 5.67. The van der Waals surface area contributed by atoms with Crippen LogP contribution in [0.5, 0.6) is 0 Å². The van der Waals surface area contributed by atoms with E-state index >= 15 is 0 Å². The first-order valence-electron chi connectivity index (χ1n) is 5.67. The van der Waals surface area contributed by atoms with Gasteiger partial charge in [0, 0.05) is 6.04 Å². The van der Waals surface area contributed by atoms with Crippen LogP contribution in [-0.2, 0) is 11.2 Å². The van der Waals surface area contributed by atoms with Gasteiger partial charge in [-0.3, -0.25) is 4.90 Å². The van der Waals surface area contributed by atoms with Gasteiger partial charge in [-0.25, -0.2) is 4.79 Å². The van der Waals surface area contributed by atoms with E-state index in [1.807, 2.05) is 39.0 Å². The Hall–Kier alpha value is -1.51. The van der Waals surface area contributed by atoms with Gasteiger partial charge >= 0.3 is 6.09 Å². The van der Waals surface area contributed by atoms with Gasteiger partial charge in [0.1, 0.15) is 0 Å². The Bertz CT molecular complexity index is 401. The van der Waals surface area contributed by atoms with Crippen molar-refractivity contribution < 1.29 is 9.53 Å². The number of ether oxygens (including phenoxy) is 1. The summed E-state index contributed by atoms with van der Waals surface area (Å²) in [5, 5.41) is 0. The third kappa shape index (κ3) is 1.90. The number of benzene rings is 1. The molecular weight excluding hydrogens is 202 g/mol. The molecule has 0 aliphatic carbocycles. The lowest BCUT2D eigenvalue weighted by Crippen LogP contribution is -2.37. The number of para-hydroxylation sites is 1. The molecule has 0 aromatic heterocycles. The van der Waals surface area contributed by atoms with E-state index in [0.717, 1.165) is 12.1 Å². The zero-order chi connectivity index (χ0) is 11.7. The lowest BCUT2D eigenvalue weighted by molar-refractivity contribution is 0.121. The molecule has 1 heterocycles. The van der Waals surface area contributed by atoms with Crippen LogP contribution < -0.4 is 4.90 Å². The fourth-order valence-electron chi connectivity index (χ4n) is 2.10. The highest BCUT2D eigenvalue weighted by Gasteiger charge is 2.31. The SMILES string of the molecule is CC(C)OC(=O)N1c2ccccc2CC1C. The van der Waals surface area contributed by atoms with Gasteiger partial charge in [0.05, 0.1) is 11.8 Å². The maximum atomic E-state index is 11.9. The molecule has 0 saturated carbocycles. The molecule has 0 bridgehead atoms. The van der Waals surface area contributed by atoms with E-state index in [1.54, 1.807) is 4.90 Å². The first-order chi connectivity index (χ1) is 7.59. The summed E-state index contributed by atoms with van der Waals surface area (Å²) in [5.41, 5.74) is 2.20. The van der Waals surface area contributed by atoms with E-state index in [4.69, 9.17) is 4.74 Å². The van der Waals surface area contributed by atoms with Gasteiger partial charge in [-0.1, -0.05) is 18.2 Å². The van der Waals surface area contributed by atoms with Gasteiger partial charge < -0.3 is 4.74 Å². The van der Waals surface area contributed by atoms with Crippen molar-refractivity contribution in [1.29, 1.82) is 0 Å². The first kappa shape index (κ1) is 11.0. The molecule has 1 aromatic rings. The number of carbonyl (C=O) groups is 1. The topological polar surface area (TPSA) is 29.5 Å². The summed E-state index contributed by atoms with van der Waals surface area (Å²) in [4.78, 5) is 13.7. The molecule has 86 valence electrons. The number of anilines is 1. The molecule has 0 fully saturated rings. The van der Waals surface area contributed by atoms with Crippen molar-refractivity contribution in [3.8, 4) is 0 Å². The summed E-state index contributed by atoms with van der Waals surface area (Å²) < 4.78 is 5.25. The Balaban J connectivity index is 2.25. The minimum atomic E-state index is -0.243.